The predicted molar refractivity (Wildman–Crippen MR) is 74.8 cm³/mol. The Morgan fingerprint density at radius 3 is 2.56 bits per heavy atom. The quantitative estimate of drug-likeness (QED) is 0.872. The molecule has 2 heteroatoms. The highest BCUT2D eigenvalue weighted by molar-refractivity contribution is 5.32. The summed E-state index contributed by atoms with van der Waals surface area (Å²) in [5, 5.41) is 3.49. The Labute approximate surface area is 109 Å². The van der Waals surface area contributed by atoms with Gasteiger partial charge in [-0.2, -0.15) is 0 Å². The van der Waals surface area contributed by atoms with E-state index in [1.807, 2.05) is 0 Å². The van der Waals surface area contributed by atoms with Gasteiger partial charge in [-0.1, -0.05) is 30.3 Å². The van der Waals surface area contributed by atoms with Gasteiger partial charge in [-0.15, -0.1) is 0 Å². The third-order valence-corrected chi connectivity index (χ3v) is 4.00. The van der Waals surface area contributed by atoms with Crippen LogP contribution in [0.3, 0.4) is 0 Å². The van der Waals surface area contributed by atoms with E-state index in [0.29, 0.717) is 6.04 Å². The Morgan fingerprint density at radius 1 is 1.22 bits per heavy atom. The molecule has 1 atom stereocenters. The molecule has 2 aromatic rings. The molecule has 1 N–H and O–H groups in total. The fraction of sp³-hybridized carbons (Fsp3) is 0.375. The van der Waals surface area contributed by atoms with E-state index in [-0.39, 0.29) is 0 Å². The van der Waals surface area contributed by atoms with Crippen molar-refractivity contribution in [3.8, 4) is 0 Å². The van der Waals surface area contributed by atoms with Crippen molar-refractivity contribution in [3.63, 3.8) is 0 Å². The molecule has 0 amide bonds. The number of aromatic nitrogens is 1. The van der Waals surface area contributed by atoms with Crippen LogP contribution in [0.5, 0.6) is 0 Å². The summed E-state index contributed by atoms with van der Waals surface area (Å²) in [6.07, 6.45) is 1.27. The number of hydrogen-bond acceptors (Lipinski definition) is 1. The van der Waals surface area contributed by atoms with Crippen LogP contribution < -0.4 is 5.32 Å². The van der Waals surface area contributed by atoms with Crippen molar-refractivity contribution >= 4 is 0 Å². The number of rotatable bonds is 3. The van der Waals surface area contributed by atoms with Crippen LogP contribution >= 0.6 is 0 Å². The van der Waals surface area contributed by atoms with Gasteiger partial charge >= 0.3 is 0 Å². The van der Waals surface area contributed by atoms with Crippen LogP contribution in [0.4, 0.5) is 0 Å². The van der Waals surface area contributed by atoms with E-state index < -0.39 is 0 Å². The largest absolute Gasteiger partial charge is 0.344 e. The molecule has 0 bridgehead atoms. The summed E-state index contributed by atoms with van der Waals surface area (Å²) >= 11 is 0. The van der Waals surface area contributed by atoms with E-state index in [4.69, 9.17) is 0 Å². The van der Waals surface area contributed by atoms with Crippen LogP contribution in [0.2, 0.25) is 0 Å². The van der Waals surface area contributed by atoms with Crippen LogP contribution in [0.25, 0.3) is 0 Å². The van der Waals surface area contributed by atoms with Crippen molar-refractivity contribution in [2.24, 2.45) is 0 Å². The third-order valence-electron chi connectivity index (χ3n) is 4.00. The van der Waals surface area contributed by atoms with Gasteiger partial charge in [0.15, 0.2) is 0 Å². The van der Waals surface area contributed by atoms with Gasteiger partial charge in [-0.25, -0.2) is 0 Å². The standard InChI is InChI=1S/C16H20N2/c1-12-10-15(16-8-9-17-16)13(2)18(12)11-14-6-4-3-5-7-14/h3-7,10,16-17H,8-9,11H2,1-2H3/t16-/m1/s1. The SMILES string of the molecule is Cc1cc([C@H]2CCN2)c(C)n1Cc1ccccc1. The molecule has 2 heterocycles. The lowest BCUT2D eigenvalue weighted by Gasteiger charge is -2.28. The molecular formula is C16H20N2. The Hall–Kier alpha value is -1.54. The number of nitrogens with zero attached hydrogens (tertiary/aromatic N) is 1. The van der Waals surface area contributed by atoms with Crippen LogP contribution in [-0.4, -0.2) is 11.1 Å². The van der Waals surface area contributed by atoms with Gasteiger partial charge < -0.3 is 9.88 Å². The molecule has 1 aliphatic heterocycles. The molecule has 0 saturated carbocycles. The first kappa shape index (κ1) is 11.5. The van der Waals surface area contributed by atoms with E-state index in [2.05, 4.69) is 60.1 Å². The van der Waals surface area contributed by atoms with Crippen molar-refractivity contribution in [2.45, 2.75) is 32.9 Å². The van der Waals surface area contributed by atoms with Crippen LogP contribution in [0.1, 0.15) is 35.0 Å². The van der Waals surface area contributed by atoms with Gasteiger partial charge in [0, 0.05) is 24.0 Å². The number of aryl methyl sites for hydroxylation is 1. The average molecular weight is 240 g/mol. The van der Waals surface area contributed by atoms with E-state index in [0.717, 1.165) is 13.1 Å². The summed E-state index contributed by atoms with van der Waals surface area (Å²) in [5.74, 6) is 0. The second-order valence-electron chi connectivity index (χ2n) is 5.19. The zero-order valence-electron chi connectivity index (χ0n) is 11.1. The summed E-state index contributed by atoms with van der Waals surface area (Å²) in [4.78, 5) is 0. The topological polar surface area (TPSA) is 17.0 Å². The van der Waals surface area contributed by atoms with Gasteiger partial charge in [0.1, 0.15) is 0 Å². The zero-order valence-corrected chi connectivity index (χ0v) is 11.1. The predicted octanol–water partition coefficient (Wildman–Crippen LogP) is 3.19. The third kappa shape index (κ3) is 1.97. The van der Waals surface area contributed by atoms with Gasteiger partial charge in [0.25, 0.3) is 0 Å². The zero-order chi connectivity index (χ0) is 12.5. The lowest BCUT2D eigenvalue weighted by Crippen LogP contribution is -2.35. The Morgan fingerprint density at radius 2 is 1.94 bits per heavy atom. The molecule has 1 fully saturated rings. The molecule has 0 spiro atoms. The highest BCUT2D eigenvalue weighted by Gasteiger charge is 2.23. The molecule has 94 valence electrons. The molecule has 3 rings (SSSR count). The van der Waals surface area contributed by atoms with E-state index in [1.165, 1.54) is 28.9 Å². The fourth-order valence-corrected chi connectivity index (χ4v) is 2.74. The molecule has 0 radical (unpaired) electrons. The van der Waals surface area contributed by atoms with Crippen molar-refractivity contribution < 1.29 is 0 Å². The minimum absolute atomic E-state index is 0.584. The van der Waals surface area contributed by atoms with Gasteiger partial charge in [0.05, 0.1) is 0 Å². The molecule has 1 aromatic heterocycles. The smallest absolute Gasteiger partial charge is 0.0475 e. The summed E-state index contributed by atoms with van der Waals surface area (Å²) < 4.78 is 2.42. The second-order valence-corrected chi connectivity index (χ2v) is 5.19. The van der Waals surface area contributed by atoms with Crippen molar-refractivity contribution in [1.82, 2.24) is 9.88 Å². The molecule has 2 nitrogen and oxygen atoms in total. The maximum absolute atomic E-state index is 3.49. The van der Waals surface area contributed by atoms with Crippen molar-refractivity contribution in [2.75, 3.05) is 6.54 Å². The first-order chi connectivity index (χ1) is 8.75. The molecule has 18 heavy (non-hydrogen) atoms. The van der Waals surface area contributed by atoms with Gasteiger partial charge in [0.2, 0.25) is 0 Å². The minimum atomic E-state index is 0.584. The summed E-state index contributed by atoms with van der Waals surface area (Å²) in [6.45, 7) is 6.58. The summed E-state index contributed by atoms with van der Waals surface area (Å²) in [5.41, 5.74) is 5.62. The second kappa shape index (κ2) is 4.62. The van der Waals surface area contributed by atoms with E-state index in [9.17, 15) is 0 Å². The molecule has 1 saturated heterocycles. The normalized spacial score (nSPS) is 18.7. The summed E-state index contributed by atoms with van der Waals surface area (Å²) in [7, 11) is 0. The van der Waals surface area contributed by atoms with Crippen LogP contribution in [0.15, 0.2) is 36.4 Å². The summed E-state index contributed by atoms with van der Waals surface area (Å²) in [6, 6.07) is 13.6. The highest BCUT2D eigenvalue weighted by atomic mass is 15.0. The highest BCUT2D eigenvalue weighted by Crippen LogP contribution is 2.28. The molecule has 1 aliphatic rings. The van der Waals surface area contributed by atoms with Crippen LogP contribution in [0, 0.1) is 13.8 Å². The minimum Gasteiger partial charge on any atom is -0.344 e. The molecule has 0 unspecified atom stereocenters. The molecular weight excluding hydrogens is 220 g/mol. The lowest BCUT2D eigenvalue weighted by molar-refractivity contribution is 0.381. The van der Waals surface area contributed by atoms with E-state index in [1.54, 1.807) is 0 Å². The monoisotopic (exact) mass is 240 g/mol. The van der Waals surface area contributed by atoms with E-state index >= 15 is 0 Å². The Kier molecular flexibility index (Phi) is 2.96. The Bertz CT molecular complexity index is 536. The van der Waals surface area contributed by atoms with Crippen molar-refractivity contribution in [1.29, 1.82) is 0 Å². The van der Waals surface area contributed by atoms with Crippen LogP contribution in [-0.2, 0) is 6.54 Å². The first-order valence-electron chi connectivity index (χ1n) is 6.69. The number of nitrogens with one attached hydrogen (secondary N) is 1. The first-order valence-corrected chi connectivity index (χ1v) is 6.69. The van der Waals surface area contributed by atoms with Gasteiger partial charge in [-0.3, -0.25) is 0 Å². The Balaban J connectivity index is 1.90. The molecule has 0 aliphatic carbocycles. The molecule has 1 aromatic carbocycles. The maximum Gasteiger partial charge on any atom is 0.0475 e. The lowest BCUT2D eigenvalue weighted by atomic mass is 9.98. The van der Waals surface area contributed by atoms with Gasteiger partial charge in [-0.05, 0) is 44.0 Å². The fourth-order valence-electron chi connectivity index (χ4n) is 2.74. The average Bonchev–Trinajstić information content (AvgIpc) is 2.57. The number of benzene rings is 1. The number of hydrogen-bond donors (Lipinski definition) is 1. The van der Waals surface area contributed by atoms with Crippen molar-refractivity contribution in [3.05, 3.63) is 58.9 Å². The maximum atomic E-state index is 3.49.